The van der Waals surface area contributed by atoms with Crippen LogP contribution < -0.4 is 0 Å². The predicted molar refractivity (Wildman–Crippen MR) is 62.8 cm³/mol. The molecule has 0 radical (unpaired) electrons. The molecule has 0 bridgehead atoms. The van der Waals surface area contributed by atoms with E-state index >= 15 is 0 Å². The number of hydrogen-bond donors (Lipinski definition) is 0. The van der Waals surface area contributed by atoms with Gasteiger partial charge in [0.15, 0.2) is 0 Å². The Morgan fingerprint density at radius 2 is 1.83 bits per heavy atom. The normalized spacial score (nSPS) is 17.1. The SMILES string of the molecule is Cc1ccc(C2CCCC2)cc1C(=O)C(F)(F)F. The van der Waals surface area contributed by atoms with E-state index in [1.165, 1.54) is 13.0 Å². The van der Waals surface area contributed by atoms with Gasteiger partial charge in [0.1, 0.15) is 0 Å². The molecule has 0 atom stereocenters. The number of hydrogen-bond acceptors (Lipinski definition) is 1. The molecule has 1 aromatic rings. The van der Waals surface area contributed by atoms with E-state index in [4.69, 9.17) is 0 Å². The zero-order valence-corrected chi connectivity index (χ0v) is 10.2. The predicted octanol–water partition coefficient (Wildman–Crippen LogP) is 4.40. The van der Waals surface area contributed by atoms with Gasteiger partial charge in [0, 0.05) is 5.56 Å². The van der Waals surface area contributed by atoms with E-state index in [1.807, 2.05) is 6.07 Å². The summed E-state index contributed by atoms with van der Waals surface area (Å²) in [5, 5.41) is 0. The van der Waals surface area contributed by atoms with Crippen LogP contribution in [-0.4, -0.2) is 12.0 Å². The van der Waals surface area contributed by atoms with Crippen LogP contribution in [0.2, 0.25) is 0 Å². The second-order valence-corrected chi connectivity index (χ2v) is 4.88. The second-order valence-electron chi connectivity index (χ2n) is 4.88. The van der Waals surface area contributed by atoms with Crippen molar-refractivity contribution in [2.24, 2.45) is 0 Å². The third kappa shape index (κ3) is 2.57. The summed E-state index contributed by atoms with van der Waals surface area (Å²) in [6, 6.07) is 4.90. The highest BCUT2D eigenvalue weighted by Crippen LogP contribution is 2.35. The molecule has 98 valence electrons. The zero-order chi connectivity index (χ0) is 13.3. The van der Waals surface area contributed by atoms with Gasteiger partial charge in [-0.25, -0.2) is 0 Å². The summed E-state index contributed by atoms with van der Waals surface area (Å²) in [5.41, 5.74) is 1.05. The lowest BCUT2D eigenvalue weighted by molar-refractivity contribution is -0.0885. The van der Waals surface area contributed by atoms with E-state index in [0.29, 0.717) is 11.5 Å². The maximum Gasteiger partial charge on any atom is 0.454 e. The van der Waals surface area contributed by atoms with Crippen LogP contribution in [0, 0.1) is 6.92 Å². The highest BCUT2D eigenvalue weighted by molar-refractivity contribution is 6.01. The summed E-state index contributed by atoms with van der Waals surface area (Å²) in [6.45, 7) is 1.54. The minimum atomic E-state index is -4.79. The number of benzene rings is 1. The molecule has 0 spiro atoms. The van der Waals surface area contributed by atoms with Gasteiger partial charge in [-0.3, -0.25) is 4.79 Å². The quantitative estimate of drug-likeness (QED) is 0.717. The van der Waals surface area contributed by atoms with Crippen molar-refractivity contribution in [2.45, 2.75) is 44.7 Å². The lowest BCUT2D eigenvalue weighted by Crippen LogP contribution is -2.23. The Bertz CT molecular complexity index is 457. The summed E-state index contributed by atoms with van der Waals surface area (Å²) in [7, 11) is 0. The van der Waals surface area contributed by atoms with E-state index in [0.717, 1.165) is 31.2 Å². The first kappa shape index (κ1) is 13.1. The maximum absolute atomic E-state index is 12.5. The minimum Gasteiger partial charge on any atom is -0.284 e. The van der Waals surface area contributed by atoms with Gasteiger partial charge >= 0.3 is 6.18 Å². The number of carbonyl (C=O) groups is 1. The first-order valence-electron chi connectivity index (χ1n) is 6.11. The molecule has 0 N–H and O–H groups in total. The molecular weight excluding hydrogens is 241 g/mol. The maximum atomic E-state index is 12.5. The van der Waals surface area contributed by atoms with Gasteiger partial charge < -0.3 is 0 Å². The summed E-state index contributed by atoms with van der Waals surface area (Å²) in [4.78, 5) is 11.3. The molecule has 0 unspecified atom stereocenters. The van der Waals surface area contributed by atoms with Crippen LogP contribution in [0.5, 0.6) is 0 Å². The van der Waals surface area contributed by atoms with Crippen LogP contribution in [0.4, 0.5) is 13.2 Å². The summed E-state index contributed by atoms with van der Waals surface area (Å²) in [6.07, 6.45) is -0.563. The topological polar surface area (TPSA) is 17.1 Å². The van der Waals surface area contributed by atoms with E-state index < -0.39 is 12.0 Å². The molecule has 0 amide bonds. The molecule has 1 aliphatic carbocycles. The number of Topliss-reactive ketones (excluding diaryl/α,β-unsaturated/α-hetero) is 1. The van der Waals surface area contributed by atoms with Gasteiger partial charge in [0.05, 0.1) is 0 Å². The van der Waals surface area contributed by atoms with Crippen LogP contribution in [0.25, 0.3) is 0 Å². The Kier molecular flexibility index (Phi) is 3.46. The van der Waals surface area contributed by atoms with Gasteiger partial charge in [0.25, 0.3) is 5.78 Å². The van der Waals surface area contributed by atoms with Gasteiger partial charge in [-0.2, -0.15) is 13.2 Å². The van der Waals surface area contributed by atoms with Crippen LogP contribution >= 0.6 is 0 Å². The second kappa shape index (κ2) is 4.75. The summed E-state index contributed by atoms with van der Waals surface area (Å²) in [5.74, 6) is -1.43. The van der Waals surface area contributed by atoms with E-state index in [-0.39, 0.29) is 5.56 Å². The lowest BCUT2D eigenvalue weighted by Gasteiger charge is -2.14. The first-order chi connectivity index (χ1) is 8.39. The number of ketones is 1. The summed E-state index contributed by atoms with van der Waals surface area (Å²) < 4.78 is 37.4. The molecule has 1 aliphatic rings. The average Bonchev–Trinajstić information content (AvgIpc) is 2.81. The molecule has 0 saturated heterocycles. The van der Waals surface area contributed by atoms with Gasteiger partial charge in [-0.15, -0.1) is 0 Å². The third-order valence-electron chi connectivity index (χ3n) is 3.59. The molecule has 1 fully saturated rings. The Morgan fingerprint density at radius 1 is 1.22 bits per heavy atom. The molecular formula is C14H15F3O. The Hall–Kier alpha value is -1.32. The van der Waals surface area contributed by atoms with Crippen molar-refractivity contribution < 1.29 is 18.0 Å². The number of aryl methyl sites for hydroxylation is 1. The van der Waals surface area contributed by atoms with Gasteiger partial charge in [0.2, 0.25) is 0 Å². The number of carbonyl (C=O) groups excluding carboxylic acids is 1. The van der Waals surface area contributed by atoms with Crippen molar-refractivity contribution in [2.75, 3.05) is 0 Å². The zero-order valence-electron chi connectivity index (χ0n) is 10.2. The molecule has 4 heteroatoms. The van der Waals surface area contributed by atoms with Crippen LogP contribution in [0.15, 0.2) is 18.2 Å². The van der Waals surface area contributed by atoms with Crippen molar-refractivity contribution in [1.29, 1.82) is 0 Å². The molecule has 1 aromatic carbocycles. The first-order valence-corrected chi connectivity index (χ1v) is 6.11. The fourth-order valence-corrected chi connectivity index (χ4v) is 2.55. The average molecular weight is 256 g/mol. The third-order valence-corrected chi connectivity index (χ3v) is 3.59. The smallest absolute Gasteiger partial charge is 0.284 e. The lowest BCUT2D eigenvalue weighted by atomic mass is 9.92. The molecule has 0 heterocycles. The van der Waals surface area contributed by atoms with Gasteiger partial charge in [-0.1, -0.05) is 25.0 Å². The molecule has 1 nitrogen and oxygen atoms in total. The van der Waals surface area contributed by atoms with Crippen LogP contribution in [-0.2, 0) is 0 Å². The highest BCUT2D eigenvalue weighted by Gasteiger charge is 2.40. The Labute approximate surface area is 104 Å². The number of rotatable bonds is 2. The van der Waals surface area contributed by atoms with Crippen LogP contribution in [0.1, 0.15) is 53.1 Å². The molecule has 0 aliphatic heterocycles. The van der Waals surface area contributed by atoms with Crippen molar-refractivity contribution >= 4 is 5.78 Å². The molecule has 2 rings (SSSR count). The molecule has 1 saturated carbocycles. The fraction of sp³-hybridized carbons (Fsp3) is 0.500. The Morgan fingerprint density at radius 3 is 2.39 bits per heavy atom. The van der Waals surface area contributed by atoms with Crippen molar-refractivity contribution in [3.8, 4) is 0 Å². The largest absolute Gasteiger partial charge is 0.454 e. The standard InChI is InChI=1S/C14H15F3O/c1-9-6-7-11(10-4-2-3-5-10)8-12(9)13(18)14(15,16)17/h6-8,10H,2-5H2,1H3. The van der Waals surface area contributed by atoms with Crippen molar-refractivity contribution in [3.63, 3.8) is 0 Å². The van der Waals surface area contributed by atoms with E-state index in [1.54, 1.807) is 6.07 Å². The highest BCUT2D eigenvalue weighted by atomic mass is 19.4. The van der Waals surface area contributed by atoms with Crippen LogP contribution in [0.3, 0.4) is 0 Å². The molecule has 0 aromatic heterocycles. The number of alkyl halides is 3. The van der Waals surface area contributed by atoms with Crippen molar-refractivity contribution in [3.05, 3.63) is 34.9 Å². The monoisotopic (exact) mass is 256 g/mol. The minimum absolute atomic E-state index is 0.202. The fourth-order valence-electron chi connectivity index (χ4n) is 2.55. The summed E-state index contributed by atoms with van der Waals surface area (Å²) >= 11 is 0. The van der Waals surface area contributed by atoms with Gasteiger partial charge in [-0.05, 0) is 42.9 Å². The molecule has 18 heavy (non-hydrogen) atoms. The van der Waals surface area contributed by atoms with E-state index in [9.17, 15) is 18.0 Å². The number of halogens is 3. The van der Waals surface area contributed by atoms with E-state index in [2.05, 4.69) is 0 Å². The van der Waals surface area contributed by atoms with Crippen molar-refractivity contribution in [1.82, 2.24) is 0 Å². The Balaban J connectivity index is 2.35.